The second kappa shape index (κ2) is 3.02. The first-order valence-electron chi connectivity index (χ1n) is 0.723. The minimum atomic E-state index is 0.458. The van der Waals surface area contributed by atoms with Crippen molar-refractivity contribution in [3.05, 3.63) is 0 Å². The van der Waals surface area contributed by atoms with Gasteiger partial charge in [-0.25, -0.2) is 0 Å². The summed E-state index contributed by atoms with van der Waals surface area (Å²) in [5, 5.41) is 0. The normalized spacial score (nSPS) is 6.25. The van der Waals surface area contributed by atoms with E-state index in [1.165, 1.54) is 0 Å². The third-order valence-corrected chi connectivity index (χ3v) is 0.0514. The number of rotatable bonds is 1. The largest absolute Gasteiger partial charge is 0.288 e. The zero-order chi connectivity index (χ0) is 3.41. The lowest BCUT2D eigenvalue weighted by molar-refractivity contribution is 0.00195. The molecule has 0 unspecified atom stereocenters. The van der Waals surface area contributed by atoms with Crippen molar-refractivity contribution in [1.29, 1.82) is 0 Å². The van der Waals surface area contributed by atoms with E-state index in [0.717, 1.165) is 0 Å². The summed E-state index contributed by atoms with van der Waals surface area (Å²) < 4.78 is 10.0. The fourth-order valence-corrected chi connectivity index (χ4v) is 0. The van der Waals surface area contributed by atoms with Crippen molar-refractivity contribution >= 4 is 15.1 Å². The van der Waals surface area contributed by atoms with Crippen molar-refractivity contribution in [1.82, 2.24) is 0 Å². The molecule has 0 atom stereocenters. The molecule has 0 saturated heterocycles. The summed E-state index contributed by atoms with van der Waals surface area (Å²) in [6.45, 7) is 0. The Morgan fingerprint density at radius 2 is 2.25 bits per heavy atom. The maximum Gasteiger partial charge on any atom is 0.288 e. The van der Waals surface area contributed by atoms with Crippen molar-refractivity contribution < 1.29 is 9.39 Å². The van der Waals surface area contributed by atoms with Crippen LogP contribution in [0.4, 0.5) is 4.53 Å². The molecule has 0 aromatic rings. The molecule has 0 aromatic heterocycles. The van der Waals surface area contributed by atoms with Gasteiger partial charge in [0.25, 0.3) is 7.37 Å². The Hall–Kier alpha value is 0.0199. The average Bonchev–Trinajstić information content (AvgIpc) is 1.37. The van der Waals surface area contributed by atoms with Crippen LogP contribution in [0, 0.1) is 0 Å². The fourth-order valence-electron chi connectivity index (χ4n) is 0. The molecular weight excluding hydrogens is 56.6 g/mol. The highest BCUT2D eigenvalue weighted by Gasteiger charge is 1.66. The van der Waals surface area contributed by atoms with Crippen LogP contribution >= 0.6 is 0 Å². The van der Waals surface area contributed by atoms with Crippen LogP contribution in [-0.4, -0.2) is 15.1 Å². The molecule has 0 aliphatic rings. The van der Waals surface area contributed by atoms with Crippen LogP contribution in [0.15, 0.2) is 0 Å². The van der Waals surface area contributed by atoms with Gasteiger partial charge in [0.05, 0.1) is 7.74 Å². The lowest BCUT2D eigenvalue weighted by atomic mass is 9.73. The van der Waals surface area contributed by atoms with Crippen LogP contribution in [0.1, 0.15) is 0 Å². The summed E-state index contributed by atoms with van der Waals surface area (Å²) >= 11 is 0. The first kappa shape index (κ1) is 4.02. The van der Waals surface area contributed by atoms with E-state index in [0.29, 0.717) is 7.37 Å². The summed E-state index contributed by atoms with van der Waals surface area (Å²) in [7, 11) is 4.76. The van der Waals surface area contributed by atoms with Gasteiger partial charge in [0.1, 0.15) is 0 Å². The molecule has 0 amide bonds. The third kappa shape index (κ3) is 2.02. The van der Waals surface area contributed by atoms with E-state index in [9.17, 15) is 4.53 Å². The van der Waals surface area contributed by atoms with E-state index in [2.05, 4.69) is 12.6 Å². The maximum atomic E-state index is 10.0. The Morgan fingerprint density at radius 3 is 2.25 bits per heavy atom. The van der Waals surface area contributed by atoms with Crippen molar-refractivity contribution in [3.8, 4) is 0 Å². The zero-order valence-corrected chi connectivity index (χ0v) is 1.94. The predicted molar refractivity (Wildman–Crippen MR) is 13.7 cm³/mol. The van der Waals surface area contributed by atoms with Gasteiger partial charge >= 0.3 is 0 Å². The molecule has 0 bridgehead atoms. The highest BCUT2D eigenvalue weighted by atomic mass is 19.3. The maximum absolute atomic E-state index is 10.0. The molecule has 0 aliphatic heterocycles. The molecule has 4 heavy (non-hydrogen) atoms. The number of halogens is 1. The van der Waals surface area contributed by atoms with Gasteiger partial charge in [0, 0.05) is 0 Å². The molecule has 0 aliphatic carbocycles. The predicted octanol–water partition coefficient (Wildman–Crippen LogP) is -0.410. The van der Waals surface area contributed by atoms with Crippen molar-refractivity contribution in [2.24, 2.45) is 0 Å². The molecule has 0 aromatic carbocycles. The minimum absolute atomic E-state index is 0.458. The smallest absolute Gasteiger partial charge is 0.282 e. The quantitative estimate of drug-likeness (QED) is 0.371. The van der Waals surface area contributed by atoms with Gasteiger partial charge in [-0.3, -0.25) is 4.86 Å². The Morgan fingerprint density at radius 1 is 2.00 bits per heavy atom. The van der Waals surface area contributed by atoms with Crippen LogP contribution in [0.3, 0.4) is 0 Å². The highest BCUT2D eigenvalue weighted by molar-refractivity contribution is 6.85. The molecule has 0 N–H and O–H groups in total. The Bertz CT molecular complexity index is 8.00. The lowest BCUT2D eigenvalue weighted by Crippen LogP contribution is -1.83. The molecule has 1 nitrogen and oxygen atoms in total. The van der Waals surface area contributed by atoms with Crippen LogP contribution in [-0.2, 0) is 4.86 Å². The zero-order valence-electron chi connectivity index (χ0n) is 1.94. The average molecular weight is 56.6 g/mol. The van der Waals surface area contributed by atoms with Gasteiger partial charge in [-0.05, 0) is 0 Å². The van der Waals surface area contributed by atoms with Crippen LogP contribution in [0.5, 0.6) is 0 Å². The van der Waals surface area contributed by atoms with Crippen molar-refractivity contribution in [2.45, 2.75) is 0 Å². The van der Waals surface area contributed by atoms with Gasteiger partial charge in [-0.1, -0.05) is 4.53 Å². The summed E-state index contributed by atoms with van der Waals surface area (Å²) in [5.41, 5.74) is 0. The van der Waals surface area contributed by atoms with Gasteiger partial charge in [-0.15, -0.1) is 0 Å². The molecular formula is B2FO. The minimum Gasteiger partial charge on any atom is -0.282 e. The number of hydrogen-bond acceptors (Lipinski definition) is 1. The first-order valence-corrected chi connectivity index (χ1v) is 0.723. The summed E-state index contributed by atoms with van der Waals surface area (Å²) in [4.78, 5) is 2.69. The standard InChI is InChI=1S/B2FO/c1-2-4-3. The lowest BCUT2D eigenvalue weighted by Gasteiger charge is -1.65. The van der Waals surface area contributed by atoms with Gasteiger partial charge in [0.15, 0.2) is 0 Å². The second-order valence-electron chi connectivity index (χ2n) is 0.225. The van der Waals surface area contributed by atoms with Crippen molar-refractivity contribution in [3.63, 3.8) is 0 Å². The van der Waals surface area contributed by atoms with E-state index in [-0.39, 0.29) is 0 Å². The van der Waals surface area contributed by atoms with Crippen LogP contribution in [0.25, 0.3) is 0 Å². The molecule has 0 fully saturated rings. The topological polar surface area (TPSA) is 9.23 Å². The highest BCUT2D eigenvalue weighted by Crippen LogP contribution is 1.54. The molecule has 19 valence electrons. The first-order chi connectivity index (χ1) is 1.91. The van der Waals surface area contributed by atoms with Crippen molar-refractivity contribution in [2.75, 3.05) is 0 Å². The van der Waals surface area contributed by atoms with E-state index >= 15 is 0 Å². The summed E-state index contributed by atoms with van der Waals surface area (Å²) in [6, 6.07) is 0. The molecule has 0 saturated carbocycles. The third-order valence-electron chi connectivity index (χ3n) is 0.0514. The number of hydrogen-bond donors (Lipinski definition) is 0. The molecule has 0 rings (SSSR count). The van der Waals surface area contributed by atoms with E-state index in [1.54, 1.807) is 0 Å². The van der Waals surface area contributed by atoms with Crippen LogP contribution < -0.4 is 0 Å². The Balaban J connectivity index is 1.97. The van der Waals surface area contributed by atoms with Crippen LogP contribution in [0.2, 0.25) is 0 Å². The SMILES string of the molecule is [B][B]OF. The summed E-state index contributed by atoms with van der Waals surface area (Å²) in [6.07, 6.45) is 0. The monoisotopic (exact) mass is 57.0 g/mol. The molecule has 0 spiro atoms. The Kier molecular flexibility index (Phi) is 3.03. The van der Waals surface area contributed by atoms with E-state index in [4.69, 9.17) is 0 Å². The second-order valence-corrected chi connectivity index (χ2v) is 0.225. The molecule has 3 radical (unpaired) electrons. The fraction of sp³-hybridized carbons (Fsp3) is 0. The van der Waals surface area contributed by atoms with E-state index in [1.807, 2.05) is 0 Å². The van der Waals surface area contributed by atoms with Gasteiger partial charge in [0.2, 0.25) is 0 Å². The van der Waals surface area contributed by atoms with Gasteiger partial charge < -0.3 is 0 Å². The van der Waals surface area contributed by atoms with Gasteiger partial charge in [-0.2, -0.15) is 0 Å². The molecule has 0 heterocycles. The van der Waals surface area contributed by atoms with E-state index < -0.39 is 0 Å². The molecule has 4 heteroatoms. The Labute approximate surface area is 25.7 Å². The summed E-state index contributed by atoms with van der Waals surface area (Å²) in [5.74, 6) is 0.